The van der Waals surface area contributed by atoms with Gasteiger partial charge in [0.15, 0.2) is 5.11 Å². The van der Waals surface area contributed by atoms with Gasteiger partial charge >= 0.3 is 0 Å². The standard InChI is InChI=1S/C18H19N5O2S/c1-3-4-17(24)20-18(26)19-12-5-10-15-16(11-12)22-23(21-15)13-6-8-14(25-2)9-7-13/h5-11H,3-4H2,1-2H3,(H2,19,20,24,26). The molecule has 3 rings (SSSR count). The van der Waals surface area contributed by atoms with Crippen LogP contribution in [-0.4, -0.2) is 33.1 Å². The zero-order chi connectivity index (χ0) is 18.5. The summed E-state index contributed by atoms with van der Waals surface area (Å²) in [5.41, 5.74) is 3.04. The lowest BCUT2D eigenvalue weighted by Crippen LogP contribution is -2.33. The molecule has 0 atom stereocenters. The second-order valence-electron chi connectivity index (χ2n) is 5.64. The maximum atomic E-state index is 11.6. The molecule has 3 aromatic rings. The van der Waals surface area contributed by atoms with E-state index < -0.39 is 0 Å². The minimum Gasteiger partial charge on any atom is -0.497 e. The Labute approximate surface area is 156 Å². The molecule has 7 nitrogen and oxygen atoms in total. The average Bonchev–Trinajstić information content (AvgIpc) is 3.05. The van der Waals surface area contributed by atoms with Crippen LogP contribution < -0.4 is 15.4 Å². The highest BCUT2D eigenvalue weighted by atomic mass is 32.1. The van der Waals surface area contributed by atoms with Crippen LogP contribution in [0.5, 0.6) is 5.75 Å². The number of amides is 1. The van der Waals surface area contributed by atoms with E-state index in [1.807, 2.05) is 49.4 Å². The van der Waals surface area contributed by atoms with Crippen molar-refractivity contribution >= 4 is 40.0 Å². The Hall–Kier alpha value is -3.00. The molecule has 0 aliphatic heterocycles. The van der Waals surface area contributed by atoms with E-state index in [4.69, 9.17) is 17.0 Å². The van der Waals surface area contributed by atoms with E-state index >= 15 is 0 Å². The Kier molecular flexibility index (Phi) is 5.43. The fraction of sp³-hybridized carbons (Fsp3) is 0.222. The van der Waals surface area contributed by atoms with Gasteiger partial charge in [-0.3, -0.25) is 4.79 Å². The number of rotatable bonds is 5. The fourth-order valence-corrected chi connectivity index (χ4v) is 2.63. The van der Waals surface area contributed by atoms with Crippen LogP contribution in [0.25, 0.3) is 16.7 Å². The number of methoxy groups -OCH3 is 1. The van der Waals surface area contributed by atoms with Crippen molar-refractivity contribution in [3.63, 3.8) is 0 Å². The molecule has 1 aromatic heterocycles. The summed E-state index contributed by atoms with van der Waals surface area (Å²) in [6.45, 7) is 1.94. The number of hydrogen-bond acceptors (Lipinski definition) is 5. The third-order valence-corrected chi connectivity index (χ3v) is 3.88. The molecule has 2 aromatic carbocycles. The number of nitrogens with one attached hydrogen (secondary N) is 2. The van der Waals surface area contributed by atoms with Gasteiger partial charge in [-0.1, -0.05) is 6.92 Å². The smallest absolute Gasteiger partial charge is 0.226 e. The van der Waals surface area contributed by atoms with E-state index in [1.165, 1.54) is 0 Å². The first kappa shape index (κ1) is 17.8. The number of carbonyl (C=O) groups excluding carboxylic acids is 1. The van der Waals surface area contributed by atoms with Crippen molar-refractivity contribution in [2.75, 3.05) is 12.4 Å². The molecule has 2 N–H and O–H groups in total. The Bertz CT molecular complexity index is 936. The zero-order valence-electron chi connectivity index (χ0n) is 14.5. The number of anilines is 1. The third-order valence-electron chi connectivity index (χ3n) is 3.67. The van der Waals surface area contributed by atoms with Gasteiger partial charge in [-0.15, -0.1) is 10.2 Å². The summed E-state index contributed by atoms with van der Waals surface area (Å²) < 4.78 is 5.16. The minimum atomic E-state index is -0.100. The minimum absolute atomic E-state index is 0.100. The van der Waals surface area contributed by atoms with Crippen molar-refractivity contribution in [2.24, 2.45) is 0 Å². The SMILES string of the molecule is CCCC(=O)NC(=S)Nc1ccc2nn(-c3ccc(OC)cc3)nc2c1. The first-order chi connectivity index (χ1) is 12.6. The second-order valence-corrected chi connectivity index (χ2v) is 6.05. The molecular formula is C18H19N5O2S. The maximum Gasteiger partial charge on any atom is 0.226 e. The van der Waals surface area contributed by atoms with Gasteiger partial charge in [0, 0.05) is 12.1 Å². The van der Waals surface area contributed by atoms with E-state index in [-0.39, 0.29) is 11.0 Å². The molecular weight excluding hydrogens is 350 g/mol. The Morgan fingerprint density at radius 1 is 1.15 bits per heavy atom. The van der Waals surface area contributed by atoms with Crippen molar-refractivity contribution < 1.29 is 9.53 Å². The van der Waals surface area contributed by atoms with Crippen molar-refractivity contribution in [3.05, 3.63) is 42.5 Å². The van der Waals surface area contributed by atoms with Gasteiger partial charge in [-0.25, -0.2) is 0 Å². The Balaban J connectivity index is 1.76. The van der Waals surface area contributed by atoms with Gasteiger partial charge in [0.1, 0.15) is 16.8 Å². The monoisotopic (exact) mass is 369 g/mol. The number of aromatic nitrogens is 3. The highest BCUT2D eigenvalue weighted by Gasteiger charge is 2.08. The Morgan fingerprint density at radius 2 is 1.88 bits per heavy atom. The highest BCUT2D eigenvalue weighted by Crippen LogP contribution is 2.19. The number of benzene rings is 2. The molecule has 0 bridgehead atoms. The lowest BCUT2D eigenvalue weighted by atomic mass is 10.3. The van der Waals surface area contributed by atoms with Crippen molar-refractivity contribution in [1.82, 2.24) is 20.3 Å². The van der Waals surface area contributed by atoms with E-state index in [0.29, 0.717) is 11.9 Å². The van der Waals surface area contributed by atoms with Crippen molar-refractivity contribution in [3.8, 4) is 11.4 Å². The van der Waals surface area contributed by atoms with Crippen molar-refractivity contribution in [1.29, 1.82) is 0 Å². The number of fused-ring (bicyclic) bond motifs is 1. The topological polar surface area (TPSA) is 81.1 Å². The normalized spacial score (nSPS) is 10.5. The molecule has 134 valence electrons. The predicted molar refractivity (Wildman–Crippen MR) is 105 cm³/mol. The molecule has 0 radical (unpaired) electrons. The van der Waals surface area contributed by atoms with Crippen LogP contribution in [0.4, 0.5) is 5.69 Å². The number of carbonyl (C=O) groups is 1. The summed E-state index contributed by atoms with van der Waals surface area (Å²) in [6, 6.07) is 13.0. The van der Waals surface area contributed by atoms with Gasteiger partial charge in [0.05, 0.1) is 12.8 Å². The van der Waals surface area contributed by atoms with Crippen LogP contribution in [0.2, 0.25) is 0 Å². The maximum absolute atomic E-state index is 11.6. The molecule has 0 aliphatic carbocycles. The molecule has 0 fully saturated rings. The van der Waals surface area contributed by atoms with Crippen LogP contribution >= 0.6 is 12.2 Å². The van der Waals surface area contributed by atoms with Gasteiger partial charge in [0.2, 0.25) is 5.91 Å². The van der Waals surface area contributed by atoms with Gasteiger partial charge in [-0.05, 0) is 61.1 Å². The van der Waals surface area contributed by atoms with E-state index in [1.54, 1.807) is 11.9 Å². The average molecular weight is 369 g/mol. The van der Waals surface area contributed by atoms with Gasteiger partial charge < -0.3 is 15.4 Å². The molecule has 0 aliphatic rings. The molecule has 0 saturated heterocycles. The van der Waals surface area contributed by atoms with E-state index in [2.05, 4.69) is 20.8 Å². The van der Waals surface area contributed by atoms with Crippen LogP contribution in [-0.2, 0) is 4.79 Å². The Morgan fingerprint density at radius 3 is 2.58 bits per heavy atom. The summed E-state index contributed by atoms with van der Waals surface area (Å²) in [4.78, 5) is 13.2. The predicted octanol–water partition coefficient (Wildman–Crippen LogP) is 3.04. The summed E-state index contributed by atoms with van der Waals surface area (Å²) in [6.07, 6.45) is 1.21. The van der Waals surface area contributed by atoms with Crippen LogP contribution in [0.15, 0.2) is 42.5 Å². The summed E-state index contributed by atoms with van der Waals surface area (Å²) >= 11 is 5.16. The van der Waals surface area contributed by atoms with Crippen LogP contribution in [0, 0.1) is 0 Å². The summed E-state index contributed by atoms with van der Waals surface area (Å²) in [7, 11) is 1.62. The lowest BCUT2D eigenvalue weighted by Gasteiger charge is -2.08. The molecule has 0 unspecified atom stereocenters. The number of ether oxygens (including phenoxy) is 1. The summed E-state index contributed by atoms with van der Waals surface area (Å²) in [5, 5.41) is 14.9. The number of thiocarbonyl (C=S) groups is 1. The second kappa shape index (κ2) is 7.92. The molecule has 1 heterocycles. The molecule has 0 saturated carbocycles. The van der Waals surface area contributed by atoms with Crippen LogP contribution in [0.1, 0.15) is 19.8 Å². The molecule has 1 amide bonds. The molecule has 0 spiro atoms. The quantitative estimate of drug-likeness (QED) is 0.673. The van der Waals surface area contributed by atoms with Crippen LogP contribution in [0.3, 0.4) is 0 Å². The summed E-state index contributed by atoms with van der Waals surface area (Å²) in [5.74, 6) is 0.673. The zero-order valence-corrected chi connectivity index (χ0v) is 15.3. The van der Waals surface area contributed by atoms with Gasteiger partial charge in [0.25, 0.3) is 0 Å². The fourth-order valence-electron chi connectivity index (χ4n) is 2.40. The largest absolute Gasteiger partial charge is 0.497 e. The number of nitrogens with zero attached hydrogens (tertiary/aromatic N) is 3. The molecule has 8 heteroatoms. The first-order valence-corrected chi connectivity index (χ1v) is 8.62. The van der Waals surface area contributed by atoms with Crippen molar-refractivity contribution in [2.45, 2.75) is 19.8 Å². The highest BCUT2D eigenvalue weighted by molar-refractivity contribution is 7.80. The first-order valence-electron chi connectivity index (χ1n) is 8.21. The number of hydrogen-bond donors (Lipinski definition) is 2. The third kappa shape index (κ3) is 4.15. The lowest BCUT2D eigenvalue weighted by molar-refractivity contribution is -0.119. The van der Waals surface area contributed by atoms with E-state index in [0.717, 1.165) is 29.1 Å². The molecule has 26 heavy (non-hydrogen) atoms. The van der Waals surface area contributed by atoms with E-state index in [9.17, 15) is 4.79 Å². The van der Waals surface area contributed by atoms with Gasteiger partial charge in [-0.2, -0.15) is 4.80 Å².